The van der Waals surface area contributed by atoms with E-state index < -0.39 is 0 Å². The Hall–Kier alpha value is -3.36. The molecule has 2 heterocycles. The average molecular weight is 356 g/mol. The van der Waals surface area contributed by atoms with Gasteiger partial charge >= 0.3 is 6.03 Å². The molecule has 0 spiro atoms. The van der Waals surface area contributed by atoms with Gasteiger partial charge in [-0.2, -0.15) is 5.10 Å². The normalized spacial score (nSPS) is 12.5. The smallest absolute Gasteiger partial charge is 0.318 e. The number of hydrogen-bond donors (Lipinski definition) is 4. The summed E-state index contributed by atoms with van der Waals surface area (Å²) >= 11 is 0. The maximum absolute atomic E-state index is 12.4. The van der Waals surface area contributed by atoms with Crippen molar-refractivity contribution < 1.29 is 14.4 Å². The summed E-state index contributed by atoms with van der Waals surface area (Å²) in [5, 5.41) is 15.2. The Labute approximate surface area is 150 Å². The minimum Gasteiger partial charge on any atom is -0.338 e. The Morgan fingerprint density at radius 3 is 2.54 bits per heavy atom. The molecule has 0 atom stereocenters. The molecule has 0 aliphatic carbocycles. The number of aromatic nitrogens is 2. The molecule has 0 saturated heterocycles. The van der Waals surface area contributed by atoms with Crippen molar-refractivity contribution in [2.24, 2.45) is 0 Å². The van der Waals surface area contributed by atoms with Crippen molar-refractivity contribution in [3.05, 3.63) is 41.1 Å². The number of nitrogens with one attached hydrogen (secondary N) is 4. The van der Waals surface area contributed by atoms with Crippen LogP contribution in [0, 0.1) is 0 Å². The van der Waals surface area contributed by atoms with Gasteiger partial charge in [0.05, 0.1) is 18.8 Å². The highest BCUT2D eigenvalue weighted by Crippen LogP contribution is 2.27. The Morgan fingerprint density at radius 1 is 1.15 bits per heavy atom. The largest absolute Gasteiger partial charge is 0.338 e. The van der Waals surface area contributed by atoms with Crippen LogP contribution in [0.15, 0.2) is 24.3 Å². The number of rotatable bonds is 4. The molecule has 136 valence electrons. The third-order valence-electron chi connectivity index (χ3n) is 3.97. The fraction of sp³-hybridized carbons (Fsp3) is 0.294. The fourth-order valence-electron chi connectivity index (χ4n) is 2.74. The van der Waals surface area contributed by atoms with E-state index in [1.165, 1.54) is 6.92 Å². The summed E-state index contributed by atoms with van der Waals surface area (Å²) in [6.07, 6.45) is 0. The summed E-state index contributed by atoms with van der Waals surface area (Å²) in [6.45, 7) is 4.64. The summed E-state index contributed by atoms with van der Waals surface area (Å²) in [7, 11) is 0. The van der Waals surface area contributed by atoms with Crippen molar-refractivity contribution in [3.63, 3.8) is 0 Å². The first-order chi connectivity index (χ1) is 12.5. The number of urea groups is 1. The monoisotopic (exact) mass is 356 g/mol. The Kier molecular flexibility index (Phi) is 4.87. The number of fused-ring (bicyclic) bond motifs is 1. The van der Waals surface area contributed by atoms with Gasteiger partial charge in [0.15, 0.2) is 5.82 Å². The first-order valence-electron chi connectivity index (χ1n) is 8.25. The van der Waals surface area contributed by atoms with Crippen molar-refractivity contribution in [2.75, 3.05) is 17.2 Å². The summed E-state index contributed by atoms with van der Waals surface area (Å²) in [6, 6.07) is 6.40. The summed E-state index contributed by atoms with van der Waals surface area (Å²) < 4.78 is 0. The van der Waals surface area contributed by atoms with Crippen molar-refractivity contribution in [1.82, 2.24) is 20.4 Å². The van der Waals surface area contributed by atoms with Gasteiger partial charge in [0.1, 0.15) is 0 Å². The van der Waals surface area contributed by atoms with Crippen LogP contribution in [0.4, 0.5) is 16.3 Å². The molecular formula is C17H20N6O3. The highest BCUT2D eigenvalue weighted by Gasteiger charge is 2.28. The topological polar surface area (TPSA) is 119 Å². The number of anilines is 2. The van der Waals surface area contributed by atoms with Gasteiger partial charge in [-0.3, -0.25) is 14.7 Å². The molecule has 2 aromatic rings. The second-order valence-corrected chi connectivity index (χ2v) is 5.93. The number of nitrogens with zero attached hydrogens (tertiary/aromatic N) is 2. The number of H-pyrrole nitrogens is 1. The van der Waals surface area contributed by atoms with E-state index in [0.29, 0.717) is 36.7 Å². The third kappa shape index (κ3) is 3.66. The van der Waals surface area contributed by atoms with E-state index in [0.717, 1.165) is 11.3 Å². The second-order valence-electron chi connectivity index (χ2n) is 5.93. The quantitative estimate of drug-likeness (QED) is 0.666. The van der Waals surface area contributed by atoms with E-state index in [9.17, 15) is 14.4 Å². The molecule has 4 amide bonds. The number of hydrogen-bond acceptors (Lipinski definition) is 4. The molecule has 0 fully saturated rings. The molecule has 0 bridgehead atoms. The van der Waals surface area contributed by atoms with Gasteiger partial charge in [0, 0.05) is 30.3 Å². The van der Waals surface area contributed by atoms with Crippen LogP contribution < -0.4 is 16.0 Å². The van der Waals surface area contributed by atoms with Gasteiger partial charge in [-0.05, 0) is 31.2 Å². The molecule has 0 radical (unpaired) electrons. The minimum atomic E-state index is -0.315. The van der Waals surface area contributed by atoms with Gasteiger partial charge in [-0.1, -0.05) is 0 Å². The SMILES string of the molecule is CCNC(=O)N1Cc2[nH]nc(NC(=O)c3ccc(NC(C)=O)cc3)c2C1. The third-order valence-corrected chi connectivity index (χ3v) is 3.97. The minimum absolute atomic E-state index is 0.150. The lowest BCUT2D eigenvalue weighted by Crippen LogP contribution is -2.36. The molecule has 1 aliphatic rings. The highest BCUT2D eigenvalue weighted by molar-refractivity contribution is 6.04. The molecule has 26 heavy (non-hydrogen) atoms. The Balaban J connectivity index is 1.67. The van der Waals surface area contributed by atoms with Crippen LogP contribution in [0.2, 0.25) is 0 Å². The van der Waals surface area contributed by atoms with Gasteiger partial charge in [-0.25, -0.2) is 4.79 Å². The zero-order chi connectivity index (χ0) is 18.7. The number of carbonyl (C=O) groups excluding carboxylic acids is 3. The van der Waals surface area contributed by atoms with E-state index in [1.54, 1.807) is 29.2 Å². The van der Waals surface area contributed by atoms with Crippen LogP contribution in [0.25, 0.3) is 0 Å². The van der Waals surface area contributed by atoms with Crippen LogP contribution in [0.3, 0.4) is 0 Å². The molecule has 9 nitrogen and oxygen atoms in total. The molecule has 0 unspecified atom stereocenters. The van der Waals surface area contributed by atoms with E-state index in [2.05, 4.69) is 26.1 Å². The first kappa shape index (κ1) is 17.5. The number of benzene rings is 1. The van der Waals surface area contributed by atoms with Gasteiger partial charge in [0.25, 0.3) is 5.91 Å². The maximum atomic E-state index is 12.4. The van der Waals surface area contributed by atoms with E-state index in [4.69, 9.17) is 0 Å². The van der Waals surface area contributed by atoms with Crippen LogP contribution in [-0.2, 0) is 17.9 Å². The first-order valence-corrected chi connectivity index (χ1v) is 8.25. The maximum Gasteiger partial charge on any atom is 0.318 e. The Morgan fingerprint density at radius 2 is 1.88 bits per heavy atom. The molecule has 1 aliphatic heterocycles. The number of amides is 4. The summed E-state index contributed by atoms with van der Waals surface area (Å²) in [4.78, 5) is 37.0. The highest BCUT2D eigenvalue weighted by atomic mass is 16.2. The van der Waals surface area contributed by atoms with E-state index in [-0.39, 0.29) is 17.8 Å². The molecule has 9 heteroatoms. The standard InChI is InChI=1S/C17H20N6O3/c1-3-18-17(26)23-8-13-14(9-23)21-22-15(13)20-16(25)11-4-6-12(7-5-11)19-10(2)24/h4-7H,3,8-9H2,1-2H3,(H,18,26)(H,19,24)(H2,20,21,22,25). The van der Waals surface area contributed by atoms with Crippen LogP contribution in [-0.4, -0.2) is 39.5 Å². The predicted octanol–water partition coefficient (Wildman–Crippen LogP) is 1.67. The summed E-state index contributed by atoms with van der Waals surface area (Å²) in [5.41, 5.74) is 2.67. The lowest BCUT2D eigenvalue weighted by molar-refractivity contribution is -0.114. The molecule has 1 aromatic heterocycles. The molecule has 3 rings (SSSR count). The number of aromatic amines is 1. The molecular weight excluding hydrogens is 336 g/mol. The second kappa shape index (κ2) is 7.26. The van der Waals surface area contributed by atoms with Crippen molar-refractivity contribution in [3.8, 4) is 0 Å². The number of carbonyl (C=O) groups is 3. The lowest BCUT2D eigenvalue weighted by atomic mass is 10.2. The van der Waals surface area contributed by atoms with E-state index in [1.807, 2.05) is 6.92 Å². The van der Waals surface area contributed by atoms with Crippen molar-refractivity contribution in [1.29, 1.82) is 0 Å². The van der Waals surface area contributed by atoms with Crippen LogP contribution >= 0.6 is 0 Å². The van der Waals surface area contributed by atoms with E-state index >= 15 is 0 Å². The van der Waals surface area contributed by atoms with Crippen molar-refractivity contribution in [2.45, 2.75) is 26.9 Å². The lowest BCUT2D eigenvalue weighted by Gasteiger charge is -2.15. The van der Waals surface area contributed by atoms with Crippen LogP contribution in [0.1, 0.15) is 35.5 Å². The van der Waals surface area contributed by atoms with Crippen LogP contribution in [0.5, 0.6) is 0 Å². The predicted molar refractivity (Wildman–Crippen MR) is 95.6 cm³/mol. The summed E-state index contributed by atoms with van der Waals surface area (Å²) in [5.74, 6) is -0.0705. The van der Waals surface area contributed by atoms with Gasteiger partial charge < -0.3 is 20.9 Å². The van der Waals surface area contributed by atoms with Gasteiger partial charge in [-0.15, -0.1) is 0 Å². The van der Waals surface area contributed by atoms with Crippen molar-refractivity contribution >= 4 is 29.4 Å². The van der Waals surface area contributed by atoms with Gasteiger partial charge in [0.2, 0.25) is 5.91 Å². The zero-order valence-corrected chi connectivity index (χ0v) is 14.5. The molecule has 4 N–H and O–H groups in total. The zero-order valence-electron chi connectivity index (χ0n) is 14.5. The Bertz CT molecular complexity index is 843. The average Bonchev–Trinajstić information content (AvgIpc) is 3.17. The molecule has 1 aromatic carbocycles. The fourth-order valence-corrected chi connectivity index (χ4v) is 2.74. The molecule has 0 saturated carbocycles.